The molecule has 134 valence electrons. The van der Waals surface area contributed by atoms with E-state index in [4.69, 9.17) is 10.5 Å². The van der Waals surface area contributed by atoms with Crippen molar-refractivity contribution in [2.75, 3.05) is 0 Å². The number of nitrogens with one attached hydrogen (secondary N) is 1. The molecule has 2 fully saturated rings. The van der Waals surface area contributed by atoms with Crippen LogP contribution in [0.1, 0.15) is 63.4 Å². The summed E-state index contributed by atoms with van der Waals surface area (Å²) < 4.78 is 6.05. The van der Waals surface area contributed by atoms with Gasteiger partial charge in [0.25, 0.3) is 0 Å². The van der Waals surface area contributed by atoms with Crippen LogP contribution in [-0.4, -0.2) is 18.1 Å². The van der Waals surface area contributed by atoms with Crippen LogP contribution in [0.2, 0.25) is 0 Å². The maximum atomic E-state index is 6.09. The number of guanidine groups is 1. The number of ether oxygens (including phenoxy) is 1. The molecule has 0 radical (unpaired) electrons. The molecule has 3 N–H and O–H groups in total. The van der Waals surface area contributed by atoms with Gasteiger partial charge in [-0.15, -0.1) is 24.0 Å². The van der Waals surface area contributed by atoms with Crippen LogP contribution < -0.4 is 15.8 Å². The number of hydrogen-bond donors (Lipinski definition) is 2. The van der Waals surface area contributed by atoms with Gasteiger partial charge in [-0.1, -0.05) is 43.9 Å². The van der Waals surface area contributed by atoms with Gasteiger partial charge in [0.05, 0.1) is 12.6 Å². The van der Waals surface area contributed by atoms with Crippen molar-refractivity contribution < 1.29 is 4.74 Å². The first-order valence-electron chi connectivity index (χ1n) is 9.12. The predicted octanol–water partition coefficient (Wildman–Crippen LogP) is 4.36. The summed E-state index contributed by atoms with van der Waals surface area (Å²) in [4.78, 5) is 4.53. The molecule has 1 aromatic carbocycles. The van der Waals surface area contributed by atoms with E-state index in [1.54, 1.807) is 0 Å². The molecule has 2 saturated carbocycles. The van der Waals surface area contributed by atoms with E-state index in [0.29, 0.717) is 24.7 Å². The van der Waals surface area contributed by atoms with Gasteiger partial charge in [0.2, 0.25) is 0 Å². The predicted molar refractivity (Wildman–Crippen MR) is 110 cm³/mol. The van der Waals surface area contributed by atoms with Crippen LogP contribution in [-0.2, 0) is 6.54 Å². The molecule has 0 aliphatic heterocycles. The number of rotatable bonds is 5. The third-order valence-corrected chi connectivity index (χ3v) is 4.95. The molecular weight excluding hydrogens is 413 g/mol. The SMILES string of the molecule is I.NC(=NCc1ccccc1OC1CCC1)NC1CCCCCC1. The standard InChI is InChI=1S/C19H29N3O.HI/c20-19(22-16-9-3-1-2-4-10-16)21-14-15-8-5-6-13-18(15)23-17-11-7-12-17;/h5-6,8,13,16-17H,1-4,7,9-12,14H2,(H3,20,21,22);1H. The minimum absolute atomic E-state index is 0. The van der Waals surface area contributed by atoms with Gasteiger partial charge in [-0.3, -0.25) is 0 Å². The van der Waals surface area contributed by atoms with Crippen molar-refractivity contribution >= 4 is 29.9 Å². The van der Waals surface area contributed by atoms with Crippen LogP contribution in [0.15, 0.2) is 29.3 Å². The first-order valence-corrected chi connectivity index (χ1v) is 9.12. The smallest absolute Gasteiger partial charge is 0.189 e. The molecule has 0 atom stereocenters. The number of nitrogens with zero attached hydrogens (tertiary/aromatic N) is 1. The molecule has 0 amide bonds. The minimum atomic E-state index is 0. The van der Waals surface area contributed by atoms with E-state index >= 15 is 0 Å². The maximum Gasteiger partial charge on any atom is 0.189 e. The van der Waals surface area contributed by atoms with E-state index in [1.165, 1.54) is 57.8 Å². The Kier molecular flexibility index (Phi) is 8.15. The zero-order chi connectivity index (χ0) is 15.9. The molecule has 0 aromatic heterocycles. The first-order chi connectivity index (χ1) is 11.3. The monoisotopic (exact) mass is 443 g/mol. The molecular formula is C19H30IN3O. The van der Waals surface area contributed by atoms with Crippen molar-refractivity contribution in [2.45, 2.75) is 76.5 Å². The number of hydrogen-bond acceptors (Lipinski definition) is 2. The van der Waals surface area contributed by atoms with Gasteiger partial charge in [0, 0.05) is 11.6 Å². The van der Waals surface area contributed by atoms with Crippen LogP contribution in [0.3, 0.4) is 0 Å². The lowest BCUT2D eigenvalue weighted by molar-refractivity contribution is 0.119. The summed E-state index contributed by atoms with van der Waals surface area (Å²) in [5, 5.41) is 3.40. The number of aliphatic imine (C=N–C) groups is 1. The van der Waals surface area contributed by atoms with Crippen molar-refractivity contribution in [3.63, 3.8) is 0 Å². The van der Waals surface area contributed by atoms with Crippen molar-refractivity contribution in [3.05, 3.63) is 29.8 Å². The largest absolute Gasteiger partial charge is 0.490 e. The Balaban J connectivity index is 0.00000208. The molecule has 2 aliphatic rings. The summed E-state index contributed by atoms with van der Waals surface area (Å²) in [6.45, 7) is 0.578. The summed E-state index contributed by atoms with van der Waals surface area (Å²) in [5.74, 6) is 1.53. The Morgan fingerprint density at radius 3 is 2.42 bits per heavy atom. The summed E-state index contributed by atoms with van der Waals surface area (Å²) in [6, 6.07) is 8.67. The first kappa shape index (κ1) is 19.3. The lowest BCUT2D eigenvalue weighted by Crippen LogP contribution is -2.39. The van der Waals surface area contributed by atoms with Crippen LogP contribution in [0.25, 0.3) is 0 Å². The minimum Gasteiger partial charge on any atom is -0.490 e. The Morgan fingerprint density at radius 2 is 1.75 bits per heavy atom. The fourth-order valence-electron chi connectivity index (χ4n) is 3.27. The summed E-state index contributed by atoms with van der Waals surface area (Å²) in [5.41, 5.74) is 7.21. The van der Waals surface area contributed by atoms with Crippen molar-refractivity contribution in [2.24, 2.45) is 10.7 Å². The number of benzene rings is 1. The molecule has 0 saturated heterocycles. The van der Waals surface area contributed by atoms with Crippen LogP contribution in [0.4, 0.5) is 0 Å². The van der Waals surface area contributed by atoms with Gasteiger partial charge >= 0.3 is 0 Å². The quantitative estimate of drug-likeness (QED) is 0.308. The fourth-order valence-corrected chi connectivity index (χ4v) is 3.27. The molecule has 3 rings (SSSR count). The van der Waals surface area contributed by atoms with Crippen LogP contribution in [0.5, 0.6) is 5.75 Å². The lowest BCUT2D eigenvalue weighted by Gasteiger charge is -2.27. The van der Waals surface area contributed by atoms with Crippen molar-refractivity contribution in [1.29, 1.82) is 0 Å². The molecule has 24 heavy (non-hydrogen) atoms. The van der Waals surface area contributed by atoms with Crippen molar-refractivity contribution in [3.8, 4) is 5.75 Å². The van der Waals surface area contributed by atoms with Gasteiger partial charge in [0.15, 0.2) is 5.96 Å². The van der Waals surface area contributed by atoms with E-state index < -0.39 is 0 Å². The highest BCUT2D eigenvalue weighted by Gasteiger charge is 2.20. The number of halogens is 1. The van der Waals surface area contributed by atoms with Crippen molar-refractivity contribution in [1.82, 2.24) is 5.32 Å². The van der Waals surface area contributed by atoms with Gasteiger partial charge in [0.1, 0.15) is 5.75 Å². The fraction of sp³-hybridized carbons (Fsp3) is 0.632. The highest BCUT2D eigenvalue weighted by atomic mass is 127. The average Bonchev–Trinajstić information content (AvgIpc) is 2.78. The molecule has 0 spiro atoms. The number of para-hydroxylation sites is 1. The third-order valence-electron chi connectivity index (χ3n) is 4.95. The van der Waals surface area contributed by atoms with E-state index in [0.717, 1.165) is 11.3 Å². The second-order valence-electron chi connectivity index (χ2n) is 6.81. The highest BCUT2D eigenvalue weighted by molar-refractivity contribution is 14.0. The molecule has 0 heterocycles. The van der Waals surface area contributed by atoms with Crippen LogP contribution >= 0.6 is 24.0 Å². The van der Waals surface area contributed by atoms with Crippen LogP contribution in [0, 0.1) is 0 Å². The third kappa shape index (κ3) is 5.83. The summed E-state index contributed by atoms with van der Waals surface area (Å²) in [7, 11) is 0. The van der Waals surface area contributed by atoms with Gasteiger partial charge in [-0.05, 0) is 38.2 Å². The van der Waals surface area contributed by atoms with Gasteiger partial charge < -0.3 is 15.8 Å². The van der Waals surface area contributed by atoms with E-state index in [-0.39, 0.29) is 24.0 Å². The molecule has 0 bridgehead atoms. The molecule has 2 aliphatic carbocycles. The maximum absolute atomic E-state index is 6.09. The summed E-state index contributed by atoms with van der Waals surface area (Å²) in [6.07, 6.45) is 11.7. The average molecular weight is 443 g/mol. The molecule has 1 aromatic rings. The Hall–Kier alpha value is -0.980. The molecule has 4 nitrogen and oxygen atoms in total. The van der Waals surface area contributed by atoms with Gasteiger partial charge in [-0.25, -0.2) is 4.99 Å². The Labute approximate surface area is 162 Å². The molecule has 5 heteroatoms. The zero-order valence-electron chi connectivity index (χ0n) is 14.4. The second-order valence-corrected chi connectivity index (χ2v) is 6.81. The normalized spacial score (nSPS) is 19.8. The second kappa shape index (κ2) is 10.1. The topological polar surface area (TPSA) is 59.6 Å². The lowest BCUT2D eigenvalue weighted by atomic mass is 9.96. The Bertz CT molecular complexity index is 523. The summed E-state index contributed by atoms with van der Waals surface area (Å²) >= 11 is 0. The highest BCUT2D eigenvalue weighted by Crippen LogP contribution is 2.27. The van der Waals surface area contributed by atoms with E-state index in [9.17, 15) is 0 Å². The molecule has 0 unspecified atom stereocenters. The van der Waals surface area contributed by atoms with E-state index in [1.807, 2.05) is 18.2 Å². The van der Waals surface area contributed by atoms with Gasteiger partial charge in [-0.2, -0.15) is 0 Å². The van der Waals surface area contributed by atoms with E-state index in [2.05, 4.69) is 16.4 Å². The zero-order valence-corrected chi connectivity index (χ0v) is 16.7. The number of nitrogens with two attached hydrogens (primary N) is 1. The Morgan fingerprint density at radius 1 is 1.04 bits per heavy atom.